The summed E-state index contributed by atoms with van der Waals surface area (Å²) >= 11 is 1.66. The average Bonchev–Trinajstić information content (AvgIpc) is 2.84. The summed E-state index contributed by atoms with van der Waals surface area (Å²) in [5.41, 5.74) is 1.63. The quantitative estimate of drug-likeness (QED) is 0.608. The maximum atomic E-state index is 12.2. The number of nitrogens with one attached hydrogen (secondary N) is 2. The van der Waals surface area contributed by atoms with E-state index in [4.69, 9.17) is 9.31 Å². The van der Waals surface area contributed by atoms with Crippen LogP contribution in [0.5, 0.6) is 0 Å². The van der Waals surface area contributed by atoms with Crippen LogP contribution in [0.3, 0.4) is 0 Å². The Kier molecular flexibility index (Phi) is 5.56. The number of amides is 2. The molecule has 2 aromatic rings. The fraction of sp³-hybridized carbons (Fsp3) is 0.350. The van der Waals surface area contributed by atoms with Crippen LogP contribution in [-0.2, 0) is 9.31 Å². The van der Waals surface area contributed by atoms with Crippen molar-refractivity contribution >= 4 is 41.7 Å². The minimum absolute atomic E-state index is 0.282. The second-order valence-electron chi connectivity index (χ2n) is 7.52. The van der Waals surface area contributed by atoms with Gasteiger partial charge in [-0.15, -0.1) is 11.8 Å². The van der Waals surface area contributed by atoms with E-state index in [0.717, 1.165) is 16.0 Å². The van der Waals surface area contributed by atoms with Crippen LogP contribution in [0.15, 0.2) is 53.4 Å². The van der Waals surface area contributed by atoms with Crippen molar-refractivity contribution in [1.82, 2.24) is 0 Å². The first kappa shape index (κ1) is 19.8. The van der Waals surface area contributed by atoms with Crippen LogP contribution in [0.2, 0.25) is 0 Å². The molecule has 1 aliphatic heterocycles. The van der Waals surface area contributed by atoms with E-state index >= 15 is 0 Å². The Labute approximate surface area is 165 Å². The molecule has 0 spiro atoms. The number of anilines is 2. The van der Waals surface area contributed by atoms with Crippen LogP contribution in [0.1, 0.15) is 27.7 Å². The first-order chi connectivity index (χ1) is 12.7. The van der Waals surface area contributed by atoms with E-state index in [9.17, 15) is 4.79 Å². The van der Waals surface area contributed by atoms with E-state index in [2.05, 4.69) is 10.6 Å². The van der Waals surface area contributed by atoms with Gasteiger partial charge in [-0.25, -0.2) is 4.79 Å². The van der Waals surface area contributed by atoms with Gasteiger partial charge in [-0.3, -0.25) is 0 Å². The zero-order valence-corrected chi connectivity index (χ0v) is 17.1. The van der Waals surface area contributed by atoms with Gasteiger partial charge in [0.2, 0.25) is 0 Å². The van der Waals surface area contributed by atoms with Gasteiger partial charge in [-0.05, 0) is 75.8 Å². The van der Waals surface area contributed by atoms with Gasteiger partial charge < -0.3 is 19.9 Å². The number of benzene rings is 2. The van der Waals surface area contributed by atoms with Crippen molar-refractivity contribution in [3.8, 4) is 0 Å². The number of thioether (sulfide) groups is 1. The van der Waals surface area contributed by atoms with Gasteiger partial charge in [0.15, 0.2) is 0 Å². The van der Waals surface area contributed by atoms with Gasteiger partial charge in [0, 0.05) is 16.3 Å². The molecule has 0 atom stereocenters. The molecule has 0 unspecified atom stereocenters. The molecule has 1 fully saturated rings. The summed E-state index contributed by atoms with van der Waals surface area (Å²) < 4.78 is 12.1. The van der Waals surface area contributed by atoms with Crippen molar-refractivity contribution in [3.05, 3.63) is 48.5 Å². The van der Waals surface area contributed by atoms with E-state index in [-0.39, 0.29) is 17.2 Å². The Bertz CT molecular complexity index is 791. The first-order valence-electron chi connectivity index (χ1n) is 8.88. The first-order valence-corrected chi connectivity index (χ1v) is 10.1. The molecule has 5 nitrogen and oxygen atoms in total. The Morgan fingerprint density at radius 1 is 0.852 bits per heavy atom. The van der Waals surface area contributed by atoms with E-state index in [1.165, 1.54) is 0 Å². The zero-order valence-electron chi connectivity index (χ0n) is 16.3. The van der Waals surface area contributed by atoms with Gasteiger partial charge in [0.05, 0.1) is 11.2 Å². The third-order valence-corrected chi connectivity index (χ3v) is 5.79. The molecule has 2 amide bonds. The lowest BCUT2D eigenvalue weighted by molar-refractivity contribution is 0.00578. The molecule has 1 heterocycles. The van der Waals surface area contributed by atoms with Crippen LogP contribution in [0.4, 0.5) is 16.2 Å². The highest BCUT2D eigenvalue weighted by Gasteiger charge is 2.51. The monoisotopic (exact) mass is 384 g/mol. The van der Waals surface area contributed by atoms with Gasteiger partial charge in [0.25, 0.3) is 0 Å². The minimum atomic E-state index is -0.409. The second-order valence-corrected chi connectivity index (χ2v) is 8.40. The largest absolute Gasteiger partial charge is 0.494 e. The molecule has 0 aliphatic carbocycles. The summed E-state index contributed by atoms with van der Waals surface area (Å²) in [6.45, 7) is 8.11. The maximum Gasteiger partial charge on any atom is 0.494 e. The fourth-order valence-corrected chi connectivity index (χ4v) is 3.08. The van der Waals surface area contributed by atoms with Crippen molar-refractivity contribution in [2.45, 2.75) is 43.8 Å². The third kappa shape index (κ3) is 4.48. The van der Waals surface area contributed by atoms with Crippen molar-refractivity contribution in [2.24, 2.45) is 0 Å². The highest BCUT2D eigenvalue weighted by Crippen LogP contribution is 2.36. The number of urea groups is 1. The van der Waals surface area contributed by atoms with Crippen molar-refractivity contribution in [3.63, 3.8) is 0 Å². The van der Waals surface area contributed by atoms with E-state index in [0.29, 0.717) is 5.69 Å². The predicted octanol–water partition coefficient (Wildman–Crippen LogP) is 4.35. The van der Waals surface area contributed by atoms with Gasteiger partial charge in [-0.2, -0.15) is 0 Å². The minimum Gasteiger partial charge on any atom is -0.399 e. The molecular formula is C20H25BN2O3S. The topological polar surface area (TPSA) is 59.6 Å². The lowest BCUT2D eigenvalue weighted by Gasteiger charge is -2.32. The lowest BCUT2D eigenvalue weighted by atomic mass is 9.79. The highest BCUT2D eigenvalue weighted by atomic mass is 32.2. The van der Waals surface area contributed by atoms with E-state index < -0.39 is 7.12 Å². The summed E-state index contributed by atoms with van der Waals surface area (Å²) in [6.07, 6.45) is 2.02. The number of carbonyl (C=O) groups excluding carboxylic acids is 1. The van der Waals surface area contributed by atoms with Crippen LogP contribution in [-0.4, -0.2) is 30.6 Å². The number of rotatable bonds is 4. The molecule has 0 bridgehead atoms. The molecule has 2 aromatic carbocycles. The molecule has 0 radical (unpaired) electrons. The normalized spacial score (nSPS) is 17.6. The molecule has 27 heavy (non-hydrogen) atoms. The summed E-state index contributed by atoms with van der Waals surface area (Å²) in [6, 6.07) is 14.9. The van der Waals surface area contributed by atoms with Crippen molar-refractivity contribution in [2.75, 3.05) is 16.9 Å². The van der Waals surface area contributed by atoms with Crippen LogP contribution >= 0.6 is 11.8 Å². The lowest BCUT2D eigenvalue weighted by Crippen LogP contribution is -2.41. The average molecular weight is 384 g/mol. The summed E-state index contributed by atoms with van der Waals surface area (Å²) in [5, 5.41) is 5.66. The second kappa shape index (κ2) is 7.58. The molecule has 2 N–H and O–H groups in total. The van der Waals surface area contributed by atoms with E-state index in [1.54, 1.807) is 11.8 Å². The molecule has 3 rings (SSSR count). The number of hydrogen-bond acceptors (Lipinski definition) is 4. The highest BCUT2D eigenvalue weighted by molar-refractivity contribution is 7.98. The van der Waals surface area contributed by atoms with Crippen LogP contribution in [0.25, 0.3) is 0 Å². The number of hydrogen-bond donors (Lipinski definition) is 2. The van der Waals surface area contributed by atoms with Crippen LogP contribution < -0.4 is 16.1 Å². The fourth-order valence-electron chi connectivity index (χ4n) is 2.67. The number of carbonyl (C=O) groups is 1. The Morgan fingerprint density at radius 3 is 1.74 bits per heavy atom. The standard InChI is InChI=1S/C20H25BN2O3S/c1-19(2)20(3,4)26-21(25-19)14-6-8-15(9-7-14)22-18(24)23-16-10-12-17(27-5)13-11-16/h6-13H,1-5H3,(H2,22,23,24). The van der Waals surface area contributed by atoms with Crippen LogP contribution in [0, 0.1) is 0 Å². The third-order valence-electron chi connectivity index (χ3n) is 5.04. The smallest absolute Gasteiger partial charge is 0.399 e. The van der Waals surface area contributed by atoms with Gasteiger partial charge in [0.1, 0.15) is 0 Å². The molecular weight excluding hydrogens is 359 g/mol. The predicted molar refractivity (Wildman–Crippen MR) is 113 cm³/mol. The Morgan fingerprint density at radius 2 is 1.30 bits per heavy atom. The summed E-state index contributed by atoms with van der Waals surface area (Å²) in [7, 11) is -0.409. The molecule has 1 saturated heterocycles. The Balaban J connectivity index is 1.60. The summed E-state index contributed by atoms with van der Waals surface area (Å²) in [4.78, 5) is 13.3. The molecule has 142 valence electrons. The molecule has 7 heteroatoms. The molecule has 0 aromatic heterocycles. The Hall–Kier alpha value is -1.96. The molecule has 0 saturated carbocycles. The van der Waals surface area contributed by atoms with Gasteiger partial charge in [-0.1, -0.05) is 12.1 Å². The molecule has 1 aliphatic rings. The van der Waals surface area contributed by atoms with Crippen molar-refractivity contribution < 1.29 is 14.1 Å². The maximum absolute atomic E-state index is 12.2. The van der Waals surface area contributed by atoms with Crippen molar-refractivity contribution in [1.29, 1.82) is 0 Å². The SMILES string of the molecule is CSc1ccc(NC(=O)Nc2ccc(B3OC(C)(C)C(C)(C)O3)cc2)cc1. The zero-order chi connectivity index (χ0) is 19.7. The van der Waals surface area contributed by atoms with Gasteiger partial charge >= 0.3 is 13.1 Å². The van der Waals surface area contributed by atoms with E-state index in [1.807, 2.05) is 82.5 Å². The summed E-state index contributed by atoms with van der Waals surface area (Å²) in [5.74, 6) is 0.